The van der Waals surface area contributed by atoms with E-state index in [9.17, 15) is 13.5 Å². The molecule has 2 N–H and O–H groups in total. The molecule has 0 bridgehead atoms. The molecule has 0 unspecified atom stereocenters. The third kappa shape index (κ3) is 5.11. The first-order valence-electron chi connectivity index (χ1n) is 9.62. The number of aliphatic hydroxyl groups excluding tert-OH is 1. The summed E-state index contributed by atoms with van der Waals surface area (Å²) < 4.78 is 33.4. The first kappa shape index (κ1) is 20.8. The molecule has 0 aliphatic carbocycles. The molecule has 0 saturated carbocycles. The molecule has 1 aliphatic rings. The van der Waals surface area contributed by atoms with Crippen molar-refractivity contribution < 1.29 is 23.2 Å². The van der Waals surface area contributed by atoms with Crippen LogP contribution in [-0.4, -0.2) is 59.0 Å². The van der Waals surface area contributed by atoms with Crippen molar-refractivity contribution in [1.29, 1.82) is 0 Å². The number of nitrogens with one attached hydrogen (secondary N) is 1. The second-order valence-corrected chi connectivity index (χ2v) is 9.27. The van der Waals surface area contributed by atoms with E-state index in [0.717, 1.165) is 24.2 Å². The van der Waals surface area contributed by atoms with E-state index >= 15 is 0 Å². The smallest absolute Gasteiger partial charge is 0.264 e. The number of benzene rings is 2. The minimum absolute atomic E-state index is 0.0179. The van der Waals surface area contributed by atoms with Crippen molar-refractivity contribution in [2.45, 2.75) is 24.8 Å². The second kappa shape index (κ2) is 9.05. The molecule has 2 aromatic rings. The molecule has 6 nitrogen and oxygen atoms in total. The van der Waals surface area contributed by atoms with Gasteiger partial charge in [-0.2, -0.15) is 0 Å². The maximum absolute atomic E-state index is 13.4. The van der Waals surface area contributed by atoms with Crippen LogP contribution in [0.5, 0.6) is 0 Å². The largest absolute Gasteiger partial charge is 0.385 e. The zero-order valence-electron chi connectivity index (χ0n) is 16.5. The number of aryl methyl sites for hydroxylation is 2. The Morgan fingerprint density at radius 3 is 2.39 bits per heavy atom. The number of quaternary nitrogens is 1. The topological polar surface area (TPSA) is 71.3 Å². The van der Waals surface area contributed by atoms with Gasteiger partial charge in [-0.15, -0.1) is 0 Å². The molecule has 2 aromatic carbocycles. The van der Waals surface area contributed by atoms with Crippen molar-refractivity contribution in [1.82, 2.24) is 0 Å². The highest BCUT2D eigenvalue weighted by atomic mass is 32.2. The average Bonchev–Trinajstić information content (AvgIpc) is 2.67. The number of aliphatic hydroxyl groups is 1. The standard InChI is InChI=1S/C21H28N2O4S/c1-17-6-8-21(9-7-17)28(25,26)23(19-5-3-4-18(2)14-19)16-20(24)15-22-10-12-27-13-11-22/h3-9,14,20,24H,10-13,15-16H2,1-2H3/p+1/t20-/m1/s1. The Bertz CT molecular complexity index is 878. The van der Waals surface area contributed by atoms with E-state index in [1.54, 1.807) is 30.3 Å². The van der Waals surface area contributed by atoms with Crippen LogP contribution in [0.4, 0.5) is 5.69 Å². The van der Waals surface area contributed by atoms with Gasteiger partial charge in [0.1, 0.15) is 25.7 Å². The molecule has 0 amide bonds. The monoisotopic (exact) mass is 405 g/mol. The van der Waals surface area contributed by atoms with Crippen LogP contribution in [0.25, 0.3) is 0 Å². The van der Waals surface area contributed by atoms with Crippen molar-refractivity contribution in [2.24, 2.45) is 0 Å². The van der Waals surface area contributed by atoms with Crippen molar-refractivity contribution >= 4 is 15.7 Å². The van der Waals surface area contributed by atoms with Crippen molar-refractivity contribution in [3.63, 3.8) is 0 Å². The normalized spacial score (nSPS) is 16.7. The quantitative estimate of drug-likeness (QED) is 0.714. The molecule has 1 saturated heterocycles. The van der Waals surface area contributed by atoms with Crippen molar-refractivity contribution in [3.05, 3.63) is 59.7 Å². The molecule has 152 valence electrons. The molecular weight excluding hydrogens is 376 g/mol. The Balaban J connectivity index is 1.87. The SMILES string of the molecule is Cc1ccc(S(=O)(=O)N(C[C@H](O)C[NH+]2CCOCC2)c2cccc(C)c2)cc1. The number of rotatable bonds is 7. The Hall–Kier alpha value is -1.93. The van der Waals surface area contributed by atoms with E-state index in [-0.39, 0.29) is 11.4 Å². The summed E-state index contributed by atoms with van der Waals surface area (Å²) in [7, 11) is -3.78. The van der Waals surface area contributed by atoms with Crippen LogP contribution in [0.1, 0.15) is 11.1 Å². The predicted molar refractivity (Wildman–Crippen MR) is 109 cm³/mol. The first-order valence-corrected chi connectivity index (χ1v) is 11.1. The molecule has 3 rings (SSSR count). The van der Waals surface area contributed by atoms with Gasteiger partial charge in [-0.3, -0.25) is 4.31 Å². The summed E-state index contributed by atoms with van der Waals surface area (Å²) in [6, 6.07) is 14.2. The van der Waals surface area contributed by atoms with Gasteiger partial charge in [-0.05, 0) is 43.7 Å². The Morgan fingerprint density at radius 1 is 1.07 bits per heavy atom. The number of ether oxygens (including phenoxy) is 1. The molecule has 0 radical (unpaired) electrons. The maximum atomic E-state index is 13.4. The lowest BCUT2D eigenvalue weighted by atomic mass is 10.2. The Labute approximate surface area is 167 Å². The van der Waals surface area contributed by atoms with Crippen molar-refractivity contribution in [3.8, 4) is 0 Å². The third-order valence-corrected chi connectivity index (χ3v) is 6.81. The molecule has 7 heteroatoms. The zero-order valence-corrected chi connectivity index (χ0v) is 17.3. The Morgan fingerprint density at radius 2 is 1.75 bits per heavy atom. The molecule has 1 fully saturated rings. The van der Waals surface area contributed by atoms with E-state index < -0.39 is 16.1 Å². The summed E-state index contributed by atoms with van der Waals surface area (Å²) in [6.07, 6.45) is -0.770. The third-order valence-electron chi connectivity index (χ3n) is 5.00. The molecule has 0 spiro atoms. The minimum atomic E-state index is -3.78. The van der Waals surface area contributed by atoms with Crippen LogP contribution in [0.15, 0.2) is 53.4 Å². The average molecular weight is 406 g/mol. The van der Waals surface area contributed by atoms with Gasteiger partial charge in [0, 0.05) is 0 Å². The van der Waals surface area contributed by atoms with E-state index in [1.807, 2.05) is 32.0 Å². The van der Waals surface area contributed by atoms with E-state index in [1.165, 1.54) is 9.21 Å². The van der Waals surface area contributed by atoms with Crippen LogP contribution in [0.3, 0.4) is 0 Å². The van der Waals surface area contributed by atoms with E-state index in [0.29, 0.717) is 25.4 Å². The molecule has 0 aromatic heterocycles. The van der Waals surface area contributed by atoms with Crippen LogP contribution in [-0.2, 0) is 14.8 Å². The highest BCUT2D eigenvalue weighted by molar-refractivity contribution is 7.92. The van der Waals surface area contributed by atoms with Crippen LogP contribution >= 0.6 is 0 Å². The minimum Gasteiger partial charge on any atom is -0.385 e. The molecule has 1 aliphatic heterocycles. The molecule has 1 atom stereocenters. The number of nitrogens with zero attached hydrogens (tertiary/aromatic N) is 1. The first-order chi connectivity index (χ1) is 13.4. The molecular formula is C21H29N2O4S+. The number of hydrogen-bond acceptors (Lipinski definition) is 4. The number of anilines is 1. The fourth-order valence-electron chi connectivity index (χ4n) is 3.42. The Kier molecular flexibility index (Phi) is 6.72. The lowest BCUT2D eigenvalue weighted by Crippen LogP contribution is -3.15. The predicted octanol–water partition coefficient (Wildman–Crippen LogP) is 0.775. The van der Waals surface area contributed by atoms with Gasteiger partial charge in [0.2, 0.25) is 0 Å². The van der Waals surface area contributed by atoms with Gasteiger partial charge >= 0.3 is 0 Å². The molecule has 28 heavy (non-hydrogen) atoms. The van der Waals surface area contributed by atoms with Crippen molar-refractivity contribution in [2.75, 3.05) is 43.7 Å². The van der Waals surface area contributed by atoms with Gasteiger partial charge in [0.15, 0.2) is 0 Å². The summed E-state index contributed by atoms with van der Waals surface area (Å²) >= 11 is 0. The highest BCUT2D eigenvalue weighted by Gasteiger charge is 2.29. The summed E-state index contributed by atoms with van der Waals surface area (Å²) in [6.45, 7) is 7.35. The van der Waals surface area contributed by atoms with Gasteiger partial charge in [0.25, 0.3) is 10.0 Å². The van der Waals surface area contributed by atoms with Gasteiger partial charge in [-0.1, -0.05) is 29.8 Å². The second-order valence-electron chi connectivity index (χ2n) is 7.41. The summed E-state index contributed by atoms with van der Waals surface area (Å²) in [5.74, 6) is 0. The fraction of sp³-hybridized carbons (Fsp3) is 0.429. The number of hydrogen-bond donors (Lipinski definition) is 2. The lowest BCUT2D eigenvalue weighted by molar-refractivity contribution is -0.910. The number of sulfonamides is 1. The highest BCUT2D eigenvalue weighted by Crippen LogP contribution is 2.25. The maximum Gasteiger partial charge on any atom is 0.264 e. The number of morpholine rings is 1. The summed E-state index contributed by atoms with van der Waals surface area (Å²) in [5, 5.41) is 10.7. The zero-order chi connectivity index (χ0) is 20.1. The molecule has 1 heterocycles. The lowest BCUT2D eigenvalue weighted by Gasteiger charge is -2.30. The summed E-state index contributed by atoms with van der Waals surface area (Å²) in [5.41, 5.74) is 2.53. The summed E-state index contributed by atoms with van der Waals surface area (Å²) in [4.78, 5) is 1.46. The van der Waals surface area contributed by atoms with Crippen LogP contribution in [0, 0.1) is 13.8 Å². The van der Waals surface area contributed by atoms with E-state index in [2.05, 4.69) is 0 Å². The van der Waals surface area contributed by atoms with Gasteiger partial charge in [-0.25, -0.2) is 8.42 Å². The van der Waals surface area contributed by atoms with Gasteiger partial charge < -0.3 is 14.7 Å². The van der Waals surface area contributed by atoms with Gasteiger partial charge in [0.05, 0.1) is 30.3 Å². The van der Waals surface area contributed by atoms with E-state index in [4.69, 9.17) is 4.74 Å². The van der Waals surface area contributed by atoms with Crippen LogP contribution in [0.2, 0.25) is 0 Å². The fourth-order valence-corrected chi connectivity index (χ4v) is 4.91. The van der Waals surface area contributed by atoms with Crippen LogP contribution < -0.4 is 9.21 Å².